The molecule has 19 heavy (non-hydrogen) atoms. The first-order valence-corrected chi connectivity index (χ1v) is 7.37. The highest BCUT2D eigenvalue weighted by atomic mass is 32.2. The molecule has 0 fully saturated rings. The number of thioether (sulfide) groups is 1. The number of nitriles is 1. The Morgan fingerprint density at radius 1 is 1.26 bits per heavy atom. The molecular formula is C15H13N3S. The summed E-state index contributed by atoms with van der Waals surface area (Å²) >= 11 is 1.44. The molecular weight excluding hydrogens is 254 g/mol. The van der Waals surface area contributed by atoms with Gasteiger partial charge in [0.1, 0.15) is 0 Å². The second kappa shape index (κ2) is 4.94. The van der Waals surface area contributed by atoms with Crippen molar-refractivity contribution in [2.45, 2.75) is 12.8 Å². The molecule has 0 aliphatic heterocycles. The maximum Gasteiger partial charge on any atom is 0.183 e. The molecule has 0 saturated carbocycles. The lowest BCUT2D eigenvalue weighted by atomic mass is 10.0. The van der Waals surface area contributed by atoms with Crippen molar-refractivity contribution in [3.8, 4) is 6.19 Å². The number of aryl methyl sites for hydroxylation is 2. The van der Waals surface area contributed by atoms with Crippen LogP contribution in [0.25, 0.3) is 10.8 Å². The molecule has 0 heterocycles. The van der Waals surface area contributed by atoms with Crippen LogP contribution in [0.4, 0.5) is 5.69 Å². The van der Waals surface area contributed by atoms with Crippen molar-refractivity contribution in [3.05, 3.63) is 41.5 Å². The second-order valence-electron chi connectivity index (χ2n) is 4.44. The first-order chi connectivity index (χ1) is 9.33. The van der Waals surface area contributed by atoms with E-state index in [0.717, 1.165) is 18.5 Å². The number of aliphatic imine (C=N–C) groups is 1. The molecule has 0 bridgehead atoms. The van der Waals surface area contributed by atoms with E-state index in [-0.39, 0.29) is 0 Å². The van der Waals surface area contributed by atoms with Crippen LogP contribution in [0.15, 0.2) is 35.3 Å². The van der Waals surface area contributed by atoms with Gasteiger partial charge in [-0.05, 0) is 41.7 Å². The summed E-state index contributed by atoms with van der Waals surface area (Å²) in [4.78, 5) is 4.55. The van der Waals surface area contributed by atoms with Crippen molar-refractivity contribution in [1.29, 1.82) is 5.26 Å². The molecule has 0 saturated heterocycles. The van der Waals surface area contributed by atoms with Gasteiger partial charge >= 0.3 is 0 Å². The van der Waals surface area contributed by atoms with Crippen LogP contribution in [-0.2, 0) is 12.8 Å². The van der Waals surface area contributed by atoms with E-state index < -0.39 is 0 Å². The molecule has 0 aromatic heterocycles. The molecule has 2 aromatic carbocycles. The van der Waals surface area contributed by atoms with E-state index in [1.54, 1.807) is 0 Å². The van der Waals surface area contributed by atoms with E-state index in [0.29, 0.717) is 5.17 Å². The van der Waals surface area contributed by atoms with Crippen molar-refractivity contribution in [2.75, 3.05) is 6.26 Å². The van der Waals surface area contributed by atoms with Crippen LogP contribution < -0.4 is 5.32 Å². The van der Waals surface area contributed by atoms with E-state index in [4.69, 9.17) is 5.26 Å². The summed E-state index contributed by atoms with van der Waals surface area (Å²) in [6.45, 7) is 0. The SMILES string of the molecule is CSC(=Nc1ccc2c3c(cccc13)CC2)NC#N. The van der Waals surface area contributed by atoms with Gasteiger partial charge in [0.15, 0.2) is 11.4 Å². The van der Waals surface area contributed by atoms with Crippen LogP contribution in [0, 0.1) is 11.5 Å². The smallest absolute Gasteiger partial charge is 0.183 e. The molecule has 0 atom stereocenters. The third-order valence-corrected chi connectivity index (χ3v) is 4.01. The summed E-state index contributed by atoms with van der Waals surface area (Å²) in [5.41, 5.74) is 3.74. The van der Waals surface area contributed by atoms with Crippen molar-refractivity contribution in [1.82, 2.24) is 5.32 Å². The molecule has 0 unspecified atom stereocenters. The van der Waals surface area contributed by atoms with E-state index in [2.05, 4.69) is 34.6 Å². The number of nitrogens with zero attached hydrogens (tertiary/aromatic N) is 2. The average Bonchev–Trinajstić information content (AvgIpc) is 2.86. The monoisotopic (exact) mass is 267 g/mol. The van der Waals surface area contributed by atoms with Gasteiger partial charge in [-0.15, -0.1) is 0 Å². The average molecular weight is 267 g/mol. The lowest BCUT2D eigenvalue weighted by molar-refractivity contribution is 1.02. The van der Waals surface area contributed by atoms with Crippen LogP contribution in [-0.4, -0.2) is 11.4 Å². The minimum absolute atomic E-state index is 0.626. The summed E-state index contributed by atoms with van der Waals surface area (Å²) in [7, 11) is 0. The Hall–Kier alpha value is -1.99. The molecule has 4 heteroatoms. The van der Waals surface area contributed by atoms with Crippen molar-refractivity contribution >= 4 is 33.4 Å². The fraction of sp³-hybridized carbons (Fsp3) is 0.200. The molecule has 94 valence electrons. The maximum absolute atomic E-state index is 8.70. The van der Waals surface area contributed by atoms with Gasteiger partial charge in [-0.3, -0.25) is 5.32 Å². The topological polar surface area (TPSA) is 48.2 Å². The standard InChI is InChI=1S/C15H13N3S/c1-19-15(17-9-16)18-13-8-7-11-6-5-10-3-2-4-12(13)14(10)11/h2-4,7-8H,5-6H2,1H3,(H,17,18). The van der Waals surface area contributed by atoms with Crippen LogP contribution in [0.1, 0.15) is 11.1 Å². The summed E-state index contributed by atoms with van der Waals surface area (Å²) in [6.07, 6.45) is 6.06. The molecule has 0 amide bonds. The van der Waals surface area contributed by atoms with Crippen molar-refractivity contribution in [2.24, 2.45) is 4.99 Å². The molecule has 3 nitrogen and oxygen atoms in total. The Morgan fingerprint density at radius 2 is 2.05 bits per heavy atom. The Balaban J connectivity index is 2.19. The van der Waals surface area contributed by atoms with Crippen LogP contribution >= 0.6 is 11.8 Å². The quantitative estimate of drug-likeness (QED) is 0.373. The van der Waals surface area contributed by atoms with Gasteiger partial charge in [-0.1, -0.05) is 36.0 Å². The largest absolute Gasteiger partial charge is 0.271 e. The highest BCUT2D eigenvalue weighted by Gasteiger charge is 2.15. The number of rotatable bonds is 1. The number of nitrogens with one attached hydrogen (secondary N) is 1. The van der Waals surface area contributed by atoms with Gasteiger partial charge in [0.25, 0.3) is 0 Å². The summed E-state index contributed by atoms with van der Waals surface area (Å²) < 4.78 is 0. The number of hydrogen-bond acceptors (Lipinski definition) is 3. The van der Waals surface area contributed by atoms with E-state index >= 15 is 0 Å². The summed E-state index contributed by atoms with van der Waals surface area (Å²) in [5, 5.41) is 14.5. The van der Waals surface area contributed by atoms with Crippen LogP contribution in [0.3, 0.4) is 0 Å². The number of benzene rings is 2. The fourth-order valence-electron chi connectivity index (χ4n) is 2.61. The zero-order valence-corrected chi connectivity index (χ0v) is 11.4. The second-order valence-corrected chi connectivity index (χ2v) is 5.24. The normalized spacial score (nSPS) is 13.6. The first-order valence-electron chi connectivity index (χ1n) is 6.15. The van der Waals surface area contributed by atoms with Gasteiger partial charge in [0, 0.05) is 5.39 Å². The van der Waals surface area contributed by atoms with Crippen molar-refractivity contribution < 1.29 is 0 Å². The number of hydrogen-bond donors (Lipinski definition) is 1. The molecule has 1 aliphatic carbocycles. The first kappa shape index (κ1) is 12.1. The molecule has 0 spiro atoms. The Bertz CT molecular complexity index is 703. The third-order valence-electron chi connectivity index (χ3n) is 3.43. The third kappa shape index (κ3) is 2.06. The zero-order valence-electron chi connectivity index (χ0n) is 10.6. The zero-order chi connectivity index (χ0) is 13.2. The predicted octanol–water partition coefficient (Wildman–Crippen LogP) is 3.36. The van der Waals surface area contributed by atoms with Crippen LogP contribution in [0.5, 0.6) is 0 Å². The summed E-state index contributed by atoms with van der Waals surface area (Å²) in [6, 6.07) is 10.6. The molecule has 1 aliphatic rings. The van der Waals surface area contributed by atoms with Crippen LogP contribution in [0.2, 0.25) is 0 Å². The maximum atomic E-state index is 8.70. The highest BCUT2D eigenvalue weighted by molar-refractivity contribution is 8.13. The van der Waals surface area contributed by atoms with E-state index in [1.165, 1.54) is 33.7 Å². The Labute approximate surface area is 116 Å². The molecule has 3 rings (SSSR count). The summed E-state index contributed by atoms with van der Waals surface area (Å²) in [5.74, 6) is 0. The van der Waals surface area contributed by atoms with Gasteiger partial charge in [0.05, 0.1) is 5.69 Å². The predicted molar refractivity (Wildman–Crippen MR) is 80.7 cm³/mol. The Morgan fingerprint density at radius 3 is 2.79 bits per heavy atom. The Kier molecular flexibility index (Phi) is 3.14. The number of amidine groups is 1. The van der Waals surface area contributed by atoms with Gasteiger partial charge in [-0.25, -0.2) is 4.99 Å². The van der Waals surface area contributed by atoms with Crippen molar-refractivity contribution in [3.63, 3.8) is 0 Å². The minimum Gasteiger partial charge on any atom is -0.271 e. The minimum atomic E-state index is 0.626. The molecule has 0 radical (unpaired) electrons. The van der Waals surface area contributed by atoms with Gasteiger partial charge in [0.2, 0.25) is 0 Å². The van der Waals surface area contributed by atoms with Gasteiger partial charge in [-0.2, -0.15) is 5.26 Å². The van der Waals surface area contributed by atoms with E-state index in [1.807, 2.05) is 18.5 Å². The van der Waals surface area contributed by atoms with E-state index in [9.17, 15) is 0 Å². The lowest BCUT2D eigenvalue weighted by Crippen LogP contribution is -2.12. The van der Waals surface area contributed by atoms with Gasteiger partial charge < -0.3 is 0 Å². The molecule has 2 aromatic rings. The molecule has 1 N–H and O–H groups in total. The highest BCUT2D eigenvalue weighted by Crippen LogP contribution is 2.36. The fourth-order valence-corrected chi connectivity index (χ4v) is 2.95. The lowest BCUT2D eigenvalue weighted by Gasteiger charge is -2.06.